The molecule has 0 radical (unpaired) electrons. The molecule has 0 bridgehead atoms. The van der Waals surface area contributed by atoms with Crippen molar-refractivity contribution in [1.29, 1.82) is 0 Å². The number of nitrogens with zero attached hydrogens (tertiary/aromatic N) is 3. The first-order valence-electron chi connectivity index (χ1n) is 11.5. The first kappa shape index (κ1) is 30.0. The van der Waals surface area contributed by atoms with Crippen molar-refractivity contribution in [2.75, 3.05) is 23.4 Å². The topological polar surface area (TPSA) is 87.6 Å². The van der Waals surface area contributed by atoms with E-state index in [4.69, 9.17) is 14.6 Å². The van der Waals surface area contributed by atoms with E-state index in [2.05, 4.69) is 32.8 Å². The molecule has 3 aromatic rings. The lowest BCUT2D eigenvalue weighted by Gasteiger charge is -2.25. The maximum atomic E-state index is 13.8. The number of nitrogens with one attached hydrogen (secondary N) is 1. The number of ether oxygens (including phenoxy) is 1. The fourth-order valence-electron chi connectivity index (χ4n) is 3.68. The van der Waals surface area contributed by atoms with Gasteiger partial charge in [-0.25, -0.2) is 22.9 Å². The van der Waals surface area contributed by atoms with E-state index < -0.39 is 29.6 Å². The van der Waals surface area contributed by atoms with Crippen LogP contribution in [-0.2, 0) is 22.7 Å². The van der Waals surface area contributed by atoms with Crippen LogP contribution in [0.25, 0.3) is 0 Å². The first-order chi connectivity index (χ1) is 18.4. The number of carboxylic acid groups (broad SMARTS) is 1. The summed E-state index contributed by atoms with van der Waals surface area (Å²) in [7, 11) is 0. The molecule has 1 saturated heterocycles. The molecule has 1 fully saturated rings. The zero-order valence-corrected chi connectivity index (χ0v) is 21.1. The Morgan fingerprint density at radius 1 is 1.10 bits per heavy atom. The van der Waals surface area contributed by atoms with Crippen molar-refractivity contribution in [3.63, 3.8) is 0 Å². The second-order valence-electron chi connectivity index (χ2n) is 8.45. The zero-order chi connectivity index (χ0) is 28.6. The fraction of sp³-hybridized carbons (Fsp3) is 0.320. The Morgan fingerprint density at radius 2 is 1.77 bits per heavy atom. The van der Waals surface area contributed by atoms with E-state index >= 15 is 0 Å². The number of benzene rings is 2. The van der Waals surface area contributed by atoms with Crippen LogP contribution in [0.5, 0.6) is 0 Å². The van der Waals surface area contributed by atoms with E-state index in [1.54, 1.807) is 6.20 Å². The molecule has 0 aliphatic carbocycles. The van der Waals surface area contributed by atoms with Gasteiger partial charge in [-0.05, 0) is 24.1 Å². The summed E-state index contributed by atoms with van der Waals surface area (Å²) in [6.45, 7) is 1.39. The lowest BCUT2D eigenvalue weighted by molar-refractivity contribution is -0.192. The number of halogens is 6. The van der Waals surface area contributed by atoms with Crippen LogP contribution in [0.3, 0.4) is 0 Å². The van der Waals surface area contributed by atoms with Gasteiger partial charge in [0.05, 0.1) is 19.3 Å². The highest BCUT2D eigenvalue weighted by Crippen LogP contribution is 2.28. The molecule has 7 nitrogen and oxygen atoms in total. The van der Waals surface area contributed by atoms with Crippen LogP contribution in [-0.4, -0.2) is 51.7 Å². The molecular formula is C25H24F6N4O3S. The van der Waals surface area contributed by atoms with Gasteiger partial charge in [-0.3, -0.25) is 0 Å². The average molecular weight is 575 g/mol. The van der Waals surface area contributed by atoms with Gasteiger partial charge in [0, 0.05) is 36.2 Å². The molecule has 2 heterocycles. The molecule has 14 heteroatoms. The molecule has 210 valence electrons. The van der Waals surface area contributed by atoms with Crippen LogP contribution >= 0.6 is 12.6 Å². The summed E-state index contributed by atoms with van der Waals surface area (Å²) in [5.41, 5.74) is 1.10. The molecule has 39 heavy (non-hydrogen) atoms. The van der Waals surface area contributed by atoms with E-state index in [9.17, 15) is 26.3 Å². The smallest absolute Gasteiger partial charge is 0.475 e. The van der Waals surface area contributed by atoms with Crippen LogP contribution in [0, 0.1) is 17.5 Å². The SMILES string of the molecule is Fc1cc(F)c(COC[C@@H]2C[C@@H](S)CN2c2ccnc(NCc3ccccc3)n2)cc1F.O=C(O)C(F)(F)F. The third-order valence-corrected chi connectivity index (χ3v) is 5.89. The van der Waals surface area contributed by atoms with Gasteiger partial charge in [-0.15, -0.1) is 0 Å². The third-order valence-electron chi connectivity index (χ3n) is 5.52. The highest BCUT2D eigenvalue weighted by molar-refractivity contribution is 7.81. The van der Waals surface area contributed by atoms with Gasteiger partial charge in [0.15, 0.2) is 11.6 Å². The summed E-state index contributed by atoms with van der Waals surface area (Å²) in [5, 5.41) is 10.5. The monoisotopic (exact) mass is 574 g/mol. The van der Waals surface area contributed by atoms with Crippen molar-refractivity contribution < 1.29 is 41.0 Å². The van der Waals surface area contributed by atoms with Gasteiger partial charge in [-0.2, -0.15) is 30.8 Å². The van der Waals surface area contributed by atoms with Crippen LogP contribution in [0.2, 0.25) is 0 Å². The van der Waals surface area contributed by atoms with Gasteiger partial charge in [0.1, 0.15) is 11.6 Å². The minimum atomic E-state index is -5.08. The molecule has 1 aliphatic heterocycles. The van der Waals surface area contributed by atoms with Crippen LogP contribution in [0.15, 0.2) is 54.7 Å². The minimum Gasteiger partial charge on any atom is -0.475 e. The predicted molar refractivity (Wildman–Crippen MR) is 134 cm³/mol. The standard InChI is InChI=1S/C23H23F3N4OS.C2HF3O2/c24-19-10-21(26)20(25)8-16(19)13-31-14-17-9-18(32)12-30(17)22-6-7-27-23(29-22)28-11-15-4-2-1-3-5-15;3-2(4,5)1(6)7/h1-8,10,17-18,32H,9,11-14H2,(H,27,28,29);(H,6,7)/t17-,18+;/m0./s1. The lowest BCUT2D eigenvalue weighted by Crippen LogP contribution is -2.34. The number of aromatic nitrogens is 2. The molecule has 0 saturated carbocycles. The second kappa shape index (κ2) is 13.5. The zero-order valence-electron chi connectivity index (χ0n) is 20.2. The maximum Gasteiger partial charge on any atom is 0.490 e. The molecule has 4 rings (SSSR count). The van der Waals surface area contributed by atoms with Crippen LogP contribution in [0.1, 0.15) is 17.5 Å². The first-order valence-corrected chi connectivity index (χ1v) is 12.0. The van der Waals surface area contributed by atoms with Crippen molar-refractivity contribution in [1.82, 2.24) is 9.97 Å². The van der Waals surface area contributed by atoms with Gasteiger partial charge in [-0.1, -0.05) is 30.3 Å². The Morgan fingerprint density at radius 3 is 2.44 bits per heavy atom. The number of carboxylic acids is 1. The Labute approximate surface area is 225 Å². The molecule has 2 N–H and O–H groups in total. The number of anilines is 2. The molecule has 2 aromatic carbocycles. The molecular weight excluding hydrogens is 550 g/mol. The summed E-state index contributed by atoms with van der Waals surface area (Å²) in [6, 6.07) is 13.1. The van der Waals surface area contributed by atoms with Crippen molar-refractivity contribution >= 4 is 30.4 Å². The Hall–Kier alpha value is -3.52. The van der Waals surface area contributed by atoms with Crippen molar-refractivity contribution in [2.24, 2.45) is 0 Å². The van der Waals surface area contributed by atoms with Gasteiger partial charge < -0.3 is 20.1 Å². The van der Waals surface area contributed by atoms with E-state index in [1.165, 1.54) is 0 Å². The van der Waals surface area contributed by atoms with Gasteiger partial charge in [0.2, 0.25) is 5.95 Å². The predicted octanol–water partition coefficient (Wildman–Crippen LogP) is 5.23. The number of aliphatic carboxylic acids is 1. The Balaban J connectivity index is 0.000000532. The van der Waals surface area contributed by atoms with E-state index in [-0.39, 0.29) is 30.1 Å². The van der Waals surface area contributed by atoms with Crippen LogP contribution in [0.4, 0.5) is 38.1 Å². The van der Waals surface area contributed by atoms with E-state index in [0.717, 1.165) is 23.9 Å². The van der Waals surface area contributed by atoms with Crippen LogP contribution < -0.4 is 10.2 Å². The van der Waals surface area contributed by atoms with Crippen molar-refractivity contribution in [3.05, 3.63) is 83.3 Å². The molecule has 1 aromatic heterocycles. The highest BCUT2D eigenvalue weighted by atomic mass is 32.1. The normalized spacial score (nSPS) is 16.9. The maximum absolute atomic E-state index is 13.8. The van der Waals surface area contributed by atoms with E-state index in [1.807, 2.05) is 36.4 Å². The molecule has 0 spiro atoms. The van der Waals surface area contributed by atoms with E-state index in [0.29, 0.717) is 25.1 Å². The largest absolute Gasteiger partial charge is 0.490 e. The van der Waals surface area contributed by atoms with Gasteiger partial charge in [0.25, 0.3) is 0 Å². The summed E-state index contributed by atoms with van der Waals surface area (Å²) in [4.78, 5) is 19.9. The summed E-state index contributed by atoms with van der Waals surface area (Å²) >= 11 is 4.60. The number of carbonyl (C=O) groups is 1. The third kappa shape index (κ3) is 9.03. The fourth-order valence-corrected chi connectivity index (χ4v) is 4.10. The second-order valence-corrected chi connectivity index (χ2v) is 9.18. The average Bonchev–Trinajstić information content (AvgIpc) is 3.26. The Bertz CT molecular complexity index is 1250. The number of thiol groups is 1. The minimum absolute atomic E-state index is 0.0229. The highest BCUT2D eigenvalue weighted by Gasteiger charge is 2.38. The summed E-state index contributed by atoms with van der Waals surface area (Å²) in [6.07, 6.45) is -2.64. The number of hydrogen-bond acceptors (Lipinski definition) is 7. The van der Waals surface area contributed by atoms with Gasteiger partial charge >= 0.3 is 12.1 Å². The molecule has 0 unspecified atom stereocenters. The summed E-state index contributed by atoms with van der Waals surface area (Å²) < 4.78 is 77.7. The Kier molecular flexibility index (Phi) is 10.4. The molecule has 1 aliphatic rings. The molecule has 0 amide bonds. The molecule has 2 atom stereocenters. The number of alkyl halides is 3. The van der Waals surface area contributed by atoms with Crippen molar-refractivity contribution in [3.8, 4) is 0 Å². The number of hydrogen-bond donors (Lipinski definition) is 3. The quantitative estimate of drug-likeness (QED) is 0.193. The lowest BCUT2D eigenvalue weighted by atomic mass is 10.2. The summed E-state index contributed by atoms with van der Waals surface area (Å²) in [5.74, 6) is -4.65. The number of rotatable bonds is 8. The van der Waals surface area contributed by atoms with Crippen molar-refractivity contribution in [2.45, 2.75) is 37.0 Å².